The Hall–Kier alpha value is -1.39. The third-order valence-corrected chi connectivity index (χ3v) is 3.14. The summed E-state index contributed by atoms with van der Waals surface area (Å²) in [5.74, 6) is -0.863. The van der Waals surface area contributed by atoms with E-state index in [1.807, 2.05) is 19.2 Å². The molecule has 1 unspecified atom stereocenters. The van der Waals surface area contributed by atoms with Gasteiger partial charge in [0.1, 0.15) is 0 Å². The molecule has 4 heteroatoms. The topological polar surface area (TPSA) is 49.8 Å². The first-order valence-electron chi connectivity index (χ1n) is 6.06. The molecule has 1 aromatic carbocycles. The summed E-state index contributed by atoms with van der Waals surface area (Å²) in [7, 11) is 3.71. The van der Waals surface area contributed by atoms with Crippen molar-refractivity contribution in [3.63, 3.8) is 0 Å². The van der Waals surface area contributed by atoms with E-state index in [-0.39, 0.29) is 0 Å². The molecule has 4 nitrogen and oxygen atoms in total. The average molecular weight is 251 g/mol. The van der Waals surface area contributed by atoms with Crippen LogP contribution in [-0.4, -0.2) is 49.3 Å². The molecular formula is C14H21NO3. The second-order valence-electron chi connectivity index (χ2n) is 4.50. The van der Waals surface area contributed by atoms with E-state index < -0.39 is 5.97 Å². The molecule has 0 aromatic heterocycles. The van der Waals surface area contributed by atoms with Gasteiger partial charge in [0.15, 0.2) is 0 Å². The third kappa shape index (κ3) is 4.13. The van der Waals surface area contributed by atoms with Gasteiger partial charge in [-0.05, 0) is 32.0 Å². The summed E-state index contributed by atoms with van der Waals surface area (Å²) >= 11 is 0. The highest BCUT2D eigenvalue weighted by molar-refractivity contribution is 5.89. The summed E-state index contributed by atoms with van der Waals surface area (Å²) in [6.07, 6.45) is 0.729. The number of carbonyl (C=O) groups is 1. The Balaban J connectivity index is 2.60. The van der Waals surface area contributed by atoms with Crippen molar-refractivity contribution in [2.24, 2.45) is 0 Å². The Morgan fingerprint density at radius 2 is 2.11 bits per heavy atom. The monoisotopic (exact) mass is 251 g/mol. The van der Waals surface area contributed by atoms with E-state index >= 15 is 0 Å². The molecule has 1 N–H and O–H groups in total. The van der Waals surface area contributed by atoms with Crippen molar-refractivity contribution in [1.82, 2.24) is 4.90 Å². The normalized spacial score (nSPS) is 12.7. The first-order valence-corrected chi connectivity index (χ1v) is 6.06. The minimum Gasteiger partial charge on any atom is -0.478 e. The van der Waals surface area contributed by atoms with Crippen LogP contribution < -0.4 is 0 Å². The number of likely N-dealkylation sites (N-methyl/N-ethyl adjacent to an activating group) is 1. The minimum absolute atomic E-state index is 0.326. The summed E-state index contributed by atoms with van der Waals surface area (Å²) in [6.45, 7) is 3.58. The molecule has 0 bridgehead atoms. The summed E-state index contributed by atoms with van der Waals surface area (Å²) in [4.78, 5) is 13.2. The number of carboxylic acids is 1. The van der Waals surface area contributed by atoms with Crippen molar-refractivity contribution >= 4 is 5.97 Å². The van der Waals surface area contributed by atoms with Crippen LogP contribution in [0.2, 0.25) is 0 Å². The lowest BCUT2D eigenvalue weighted by Gasteiger charge is -2.24. The van der Waals surface area contributed by atoms with E-state index in [1.54, 1.807) is 19.2 Å². The standard InChI is InChI=1S/C14H21NO3/c1-11(10-18-3)15(2)9-8-12-6-4-5-7-13(12)14(16)17/h4-7,11H,8-10H2,1-3H3,(H,16,17). The molecule has 0 spiro atoms. The zero-order valence-electron chi connectivity index (χ0n) is 11.2. The van der Waals surface area contributed by atoms with Gasteiger partial charge in [-0.2, -0.15) is 0 Å². The Bertz CT molecular complexity index is 392. The maximum absolute atomic E-state index is 11.1. The number of methoxy groups -OCH3 is 1. The third-order valence-electron chi connectivity index (χ3n) is 3.14. The minimum atomic E-state index is -0.863. The SMILES string of the molecule is COCC(C)N(C)CCc1ccccc1C(=O)O. The molecule has 0 heterocycles. The highest BCUT2D eigenvalue weighted by Crippen LogP contribution is 2.10. The van der Waals surface area contributed by atoms with Crippen LogP contribution in [-0.2, 0) is 11.2 Å². The van der Waals surface area contributed by atoms with Crippen molar-refractivity contribution in [1.29, 1.82) is 0 Å². The van der Waals surface area contributed by atoms with Gasteiger partial charge in [0.25, 0.3) is 0 Å². The zero-order valence-corrected chi connectivity index (χ0v) is 11.2. The van der Waals surface area contributed by atoms with Gasteiger partial charge in [0, 0.05) is 19.7 Å². The number of carboxylic acid groups (broad SMARTS) is 1. The van der Waals surface area contributed by atoms with Crippen LogP contribution in [0, 0.1) is 0 Å². The second-order valence-corrected chi connectivity index (χ2v) is 4.50. The molecule has 1 aromatic rings. The zero-order chi connectivity index (χ0) is 13.5. The Morgan fingerprint density at radius 1 is 1.44 bits per heavy atom. The first kappa shape index (κ1) is 14.7. The van der Waals surface area contributed by atoms with Crippen molar-refractivity contribution in [2.45, 2.75) is 19.4 Å². The average Bonchev–Trinajstić information content (AvgIpc) is 2.36. The largest absolute Gasteiger partial charge is 0.478 e. The smallest absolute Gasteiger partial charge is 0.335 e. The molecule has 0 radical (unpaired) electrons. The summed E-state index contributed by atoms with van der Waals surface area (Å²) < 4.78 is 5.10. The van der Waals surface area contributed by atoms with Crippen LogP contribution in [0.1, 0.15) is 22.8 Å². The Morgan fingerprint density at radius 3 is 2.72 bits per heavy atom. The van der Waals surface area contributed by atoms with Gasteiger partial charge in [-0.3, -0.25) is 0 Å². The number of hydrogen-bond donors (Lipinski definition) is 1. The van der Waals surface area contributed by atoms with Gasteiger partial charge >= 0.3 is 5.97 Å². The van der Waals surface area contributed by atoms with E-state index in [0.29, 0.717) is 18.2 Å². The number of benzene rings is 1. The lowest BCUT2D eigenvalue weighted by molar-refractivity contribution is 0.0695. The number of aromatic carboxylic acids is 1. The lowest BCUT2D eigenvalue weighted by Crippen LogP contribution is -2.34. The molecule has 18 heavy (non-hydrogen) atoms. The Kier molecular flexibility index (Phi) is 5.82. The lowest BCUT2D eigenvalue weighted by atomic mass is 10.0. The van der Waals surface area contributed by atoms with Crippen molar-refractivity contribution in [3.8, 4) is 0 Å². The summed E-state index contributed by atoms with van der Waals surface area (Å²) in [5, 5.41) is 9.09. The van der Waals surface area contributed by atoms with Crippen molar-refractivity contribution in [3.05, 3.63) is 35.4 Å². The van der Waals surface area contributed by atoms with Gasteiger partial charge in [0.2, 0.25) is 0 Å². The van der Waals surface area contributed by atoms with E-state index in [2.05, 4.69) is 11.8 Å². The highest BCUT2D eigenvalue weighted by Gasteiger charge is 2.12. The summed E-state index contributed by atoms with van der Waals surface area (Å²) in [6, 6.07) is 7.48. The first-order chi connectivity index (χ1) is 8.56. The number of nitrogens with zero attached hydrogens (tertiary/aromatic N) is 1. The number of ether oxygens (including phenoxy) is 1. The predicted molar refractivity (Wildman–Crippen MR) is 71.1 cm³/mol. The van der Waals surface area contributed by atoms with E-state index in [4.69, 9.17) is 9.84 Å². The highest BCUT2D eigenvalue weighted by atomic mass is 16.5. The van der Waals surface area contributed by atoms with E-state index in [1.165, 1.54) is 0 Å². The predicted octanol–water partition coefficient (Wildman–Crippen LogP) is 1.89. The molecule has 0 aliphatic carbocycles. The maximum atomic E-state index is 11.1. The molecule has 100 valence electrons. The molecular weight excluding hydrogens is 230 g/mol. The molecule has 1 atom stereocenters. The number of hydrogen-bond acceptors (Lipinski definition) is 3. The summed E-state index contributed by atoms with van der Waals surface area (Å²) in [5.41, 5.74) is 1.27. The molecule has 1 rings (SSSR count). The van der Waals surface area contributed by atoms with Gasteiger partial charge in [0.05, 0.1) is 12.2 Å². The van der Waals surface area contributed by atoms with Crippen LogP contribution in [0.25, 0.3) is 0 Å². The fourth-order valence-corrected chi connectivity index (χ4v) is 1.83. The molecule has 0 aliphatic rings. The maximum Gasteiger partial charge on any atom is 0.335 e. The molecule has 0 saturated carbocycles. The fourth-order valence-electron chi connectivity index (χ4n) is 1.83. The molecule has 0 saturated heterocycles. The molecule has 0 amide bonds. The molecule has 0 aliphatic heterocycles. The fraction of sp³-hybridized carbons (Fsp3) is 0.500. The second kappa shape index (κ2) is 7.13. The van der Waals surface area contributed by atoms with Gasteiger partial charge < -0.3 is 14.7 Å². The van der Waals surface area contributed by atoms with Gasteiger partial charge in [-0.15, -0.1) is 0 Å². The van der Waals surface area contributed by atoms with E-state index in [9.17, 15) is 4.79 Å². The van der Waals surface area contributed by atoms with Crippen molar-refractivity contribution < 1.29 is 14.6 Å². The number of rotatable bonds is 7. The van der Waals surface area contributed by atoms with Gasteiger partial charge in [-0.25, -0.2) is 4.79 Å². The Labute approximate surface area is 108 Å². The van der Waals surface area contributed by atoms with Gasteiger partial charge in [-0.1, -0.05) is 18.2 Å². The van der Waals surface area contributed by atoms with Crippen LogP contribution in [0.15, 0.2) is 24.3 Å². The van der Waals surface area contributed by atoms with Crippen LogP contribution in [0.5, 0.6) is 0 Å². The quantitative estimate of drug-likeness (QED) is 0.804. The molecule has 0 fully saturated rings. The van der Waals surface area contributed by atoms with Crippen LogP contribution in [0.3, 0.4) is 0 Å². The van der Waals surface area contributed by atoms with Crippen molar-refractivity contribution in [2.75, 3.05) is 27.3 Å². The van der Waals surface area contributed by atoms with Crippen LogP contribution >= 0.6 is 0 Å². The van der Waals surface area contributed by atoms with Crippen LogP contribution in [0.4, 0.5) is 0 Å². The van der Waals surface area contributed by atoms with E-state index in [0.717, 1.165) is 18.5 Å².